The second-order valence-electron chi connectivity index (χ2n) is 5.01. The number of hydrogen-bond donors (Lipinski definition) is 1. The van der Waals surface area contributed by atoms with Crippen molar-refractivity contribution in [1.29, 1.82) is 0 Å². The smallest absolute Gasteiger partial charge is 0.327 e. The van der Waals surface area contributed by atoms with Crippen LogP contribution in [0, 0.1) is 5.92 Å². The Balaban J connectivity index is 2.23. The Morgan fingerprint density at radius 1 is 1.35 bits per heavy atom. The van der Waals surface area contributed by atoms with Crippen molar-refractivity contribution in [2.75, 3.05) is 20.2 Å². The first-order valence-corrected chi connectivity index (χ1v) is 6.73. The van der Waals surface area contributed by atoms with Crippen LogP contribution in [0.15, 0.2) is 30.3 Å². The maximum atomic E-state index is 12.1. The van der Waals surface area contributed by atoms with E-state index in [0.29, 0.717) is 19.5 Å². The number of carbonyl (C=O) groups is 2. The highest BCUT2D eigenvalue weighted by molar-refractivity contribution is 5.78. The molecule has 2 unspecified atom stereocenters. The van der Waals surface area contributed by atoms with E-state index in [1.165, 1.54) is 7.11 Å². The molecule has 0 saturated carbocycles. The third-order valence-corrected chi connectivity index (χ3v) is 3.71. The van der Waals surface area contributed by atoms with Gasteiger partial charge in [-0.3, -0.25) is 9.69 Å². The topological polar surface area (TPSA) is 66.8 Å². The molecule has 20 heavy (non-hydrogen) atoms. The average Bonchev–Trinajstić information content (AvgIpc) is 2.48. The van der Waals surface area contributed by atoms with Crippen molar-refractivity contribution in [2.45, 2.75) is 18.9 Å². The van der Waals surface area contributed by atoms with Gasteiger partial charge in [0.05, 0.1) is 13.0 Å². The molecule has 0 bridgehead atoms. The Morgan fingerprint density at radius 3 is 2.65 bits per heavy atom. The Kier molecular flexibility index (Phi) is 4.74. The van der Waals surface area contributed by atoms with Crippen molar-refractivity contribution >= 4 is 11.9 Å². The summed E-state index contributed by atoms with van der Waals surface area (Å²) in [5.74, 6) is -1.56. The van der Waals surface area contributed by atoms with Crippen LogP contribution in [0.1, 0.15) is 24.4 Å². The third-order valence-electron chi connectivity index (χ3n) is 3.71. The fourth-order valence-corrected chi connectivity index (χ4v) is 2.69. The van der Waals surface area contributed by atoms with E-state index in [1.54, 1.807) is 0 Å². The molecule has 1 heterocycles. The van der Waals surface area contributed by atoms with Crippen molar-refractivity contribution in [3.05, 3.63) is 35.9 Å². The number of piperidine rings is 1. The first-order chi connectivity index (χ1) is 9.63. The van der Waals surface area contributed by atoms with E-state index < -0.39 is 17.9 Å². The molecule has 0 amide bonds. The first kappa shape index (κ1) is 14.5. The van der Waals surface area contributed by atoms with Gasteiger partial charge in [0.2, 0.25) is 0 Å². The fourth-order valence-electron chi connectivity index (χ4n) is 2.69. The van der Waals surface area contributed by atoms with Gasteiger partial charge in [-0.1, -0.05) is 30.3 Å². The Hall–Kier alpha value is -1.88. The van der Waals surface area contributed by atoms with Gasteiger partial charge in [0.15, 0.2) is 0 Å². The predicted octanol–water partition coefficient (Wildman–Crippen LogP) is 1.70. The number of benzene rings is 1. The first-order valence-electron chi connectivity index (χ1n) is 6.73. The second-order valence-corrected chi connectivity index (χ2v) is 5.01. The number of methoxy groups -OCH3 is 1. The number of hydrogen-bond acceptors (Lipinski definition) is 4. The highest BCUT2D eigenvalue weighted by Gasteiger charge is 2.34. The molecule has 1 N–H and O–H groups in total. The molecule has 2 rings (SSSR count). The predicted molar refractivity (Wildman–Crippen MR) is 73.1 cm³/mol. The monoisotopic (exact) mass is 277 g/mol. The molecule has 0 aromatic heterocycles. The van der Waals surface area contributed by atoms with Crippen molar-refractivity contribution in [2.24, 2.45) is 5.92 Å². The summed E-state index contributed by atoms with van der Waals surface area (Å²) in [7, 11) is 1.36. The molecule has 1 aliphatic rings. The molecule has 5 nitrogen and oxygen atoms in total. The number of aliphatic carboxylic acids is 1. The van der Waals surface area contributed by atoms with Crippen LogP contribution in [0.3, 0.4) is 0 Å². The summed E-state index contributed by atoms with van der Waals surface area (Å²) in [6.45, 7) is 1.09. The normalized spacial score (nSPS) is 21.1. The van der Waals surface area contributed by atoms with E-state index in [0.717, 1.165) is 12.0 Å². The van der Waals surface area contributed by atoms with E-state index in [1.807, 2.05) is 35.2 Å². The largest absolute Gasteiger partial charge is 0.481 e. The van der Waals surface area contributed by atoms with E-state index in [9.17, 15) is 9.59 Å². The van der Waals surface area contributed by atoms with Crippen molar-refractivity contribution in [3.8, 4) is 0 Å². The summed E-state index contributed by atoms with van der Waals surface area (Å²) < 4.78 is 4.89. The zero-order valence-electron chi connectivity index (χ0n) is 11.5. The number of nitrogens with zero attached hydrogens (tertiary/aromatic N) is 1. The lowest BCUT2D eigenvalue weighted by molar-refractivity contribution is -0.152. The van der Waals surface area contributed by atoms with Crippen LogP contribution in [0.2, 0.25) is 0 Å². The molecular formula is C15H19NO4. The van der Waals surface area contributed by atoms with Crippen LogP contribution in [0.4, 0.5) is 0 Å². The molecule has 0 radical (unpaired) electrons. The van der Waals surface area contributed by atoms with Crippen LogP contribution < -0.4 is 0 Å². The molecule has 1 aromatic rings. The molecule has 1 fully saturated rings. The highest BCUT2D eigenvalue weighted by atomic mass is 16.5. The van der Waals surface area contributed by atoms with Gasteiger partial charge >= 0.3 is 11.9 Å². The fraction of sp³-hybridized carbons (Fsp3) is 0.467. The number of carbonyl (C=O) groups excluding carboxylic acids is 1. The Morgan fingerprint density at radius 2 is 2.05 bits per heavy atom. The lowest BCUT2D eigenvalue weighted by atomic mass is 9.95. The number of ether oxygens (including phenoxy) is 1. The number of carboxylic acids is 1. The quantitative estimate of drug-likeness (QED) is 0.848. The molecule has 1 aliphatic heterocycles. The van der Waals surface area contributed by atoms with Crippen LogP contribution in [-0.4, -0.2) is 42.1 Å². The van der Waals surface area contributed by atoms with Gasteiger partial charge in [-0.2, -0.15) is 0 Å². The lowest BCUT2D eigenvalue weighted by Crippen LogP contribution is -2.43. The molecule has 1 saturated heterocycles. The zero-order valence-corrected chi connectivity index (χ0v) is 11.5. The Bertz CT molecular complexity index is 474. The highest BCUT2D eigenvalue weighted by Crippen LogP contribution is 2.28. The standard InChI is InChI=1S/C15H19NO4/c1-20-15(19)13(11-6-3-2-4-7-11)16-9-5-8-12(10-16)14(17)18/h2-4,6-7,12-13H,5,8-10H2,1H3,(H,17,18). The summed E-state index contributed by atoms with van der Waals surface area (Å²) in [6.07, 6.45) is 1.44. The van der Waals surface area contributed by atoms with Crippen LogP contribution in [-0.2, 0) is 14.3 Å². The van der Waals surface area contributed by atoms with E-state index in [-0.39, 0.29) is 5.97 Å². The molecule has 108 valence electrons. The molecule has 1 aromatic carbocycles. The zero-order chi connectivity index (χ0) is 14.5. The molecule has 0 aliphatic carbocycles. The minimum absolute atomic E-state index is 0.345. The summed E-state index contributed by atoms with van der Waals surface area (Å²) in [6, 6.07) is 8.82. The van der Waals surface area contributed by atoms with Gasteiger partial charge in [-0.05, 0) is 24.9 Å². The van der Waals surface area contributed by atoms with Crippen molar-refractivity contribution in [3.63, 3.8) is 0 Å². The van der Waals surface area contributed by atoms with Gasteiger partial charge in [0.25, 0.3) is 0 Å². The van der Waals surface area contributed by atoms with Gasteiger partial charge in [0.1, 0.15) is 6.04 Å². The third kappa shape index (κ3) is 3.17. The SMILES string of the molecule is COC(=O)C(c1ccccc1)N1CCCC(C(=O)O)C1. The minimum Gasteiger partial charge on any atom is -0.481 e. The van der Waals surface area contributed by atoms with Gasteiger partial charge in [-0.25, -0.2) is 4.79 Å². The number of esters is 1. The number of rotatable bonds is 4. The summed E-state index contributed by atoms with van der Waals surface area (Å²) >= 11 is 0. The maximum absolute atomic E-state index is 12.1. The summed E-state index contributed by atoms with van der Waals surface area (Å²) in [5, 5.41) is 9.16. The van der Waals surface area contributed by atoms with Crippen LogP contribution in [0.25, 0.3) is 0 Å². The average molecular weight is 277 g/mol. The second kappa shape index (κ2) is 6.52. The molecule has 0 spiro atoms. The number of likely N-dealkylation sites (tertiary alicyclic amines) is 1. The maximum Gasteiger partial charge on any atom is 0.327 e. The van der Waals surface area contributed by atoms with E-state index in [4.69, 9.17) is 9.84 Å². The van der Waals surface area contributed by atoms with Crippen molar-refractivity contribution in [1.82, 2.24) is 4.90 Å². The van der Waals surface area contributed by atoms with Gasteiger partial charge < -0.3 is 9.84 Å². The van der Waals surface area contributed by atoms with Gasteiger partial charge in [-0.15, -0.1) is 0 Å². The minimum atomic E-state index is -0.800. The van der Waals surface area contributed by atoms with E-state index >= 15 is 0 Å². The van der Waals surface area contributed by atoms with Gasteiger partial charge in [0, 0.05) is 6.54 Å². The molecule has 2 atom stereocenters. The Labute approximate surface area is 118 Å². The number of carboxylic acid groups (broad SMARTS) is 1. The summed E-state index contributed by atoms with van der Waals surface area (Å²) in [5.41, 5.74) is 0.838. The van der Waals surface area contributed by atoms with E-state index in [2.05, 4.69) is 0 Å². The summed E-state index contributed by atoms with van der Waals surface area (Å²) in [4.78, 5) is 25.1. The molecular weight excluding hydrogens is 258 g/mol. The van der Waals surface area contributed by atoms with Crippen LogP contribution in [0.5, 0.6) is 0 Å². The van der Waals surface area contributed by atoms with Crippen molar-refractivity contribution < 1.29 is 19.4 Å². The lowest BCUT2D eigenvalue weighted by Gasteiger charge is -2.35. The van der Waals surface area contributed by atoms with Crippen LogP contribution >= 0.6 is 0 Å². The molecule has 5 heteroatoms.